The average molecular weight is 230 g/mol. The fourth-order valence-electron chi connectivity index (χ4n) is 0.839. The van der Waals surface area contributed by atoms with Crippen LogP contribution in [0.1, 0.15) is 5.56 Å². The van der Waals surface area contributed by atoms with Gasteiger partial charge >= 0.3 is 10.1 Å². The van der Waals surface area contributed by atoms with E-state index in [1.165, 1.54) is 12.1 Å². The van der Waals surface area contributed by atoms with Gasteiger partial charge in [0.05, 0.1) is 0 Å². The summed E-state index contributed by atoms with van der Waals surface area (Å²) >= 11 is 0. The van der Waals surface area contributed by atoms with Crippen molar-refractivity contribution in [2.75, 3.05) is 7.05 Å². The molecule has 0 aliphatic rings. The molecule has 1 aromatic rings. The molecule has 0 spiro atoms. The van der Waals surface area contributed by atoms with Gasteiger partial charge in [-0.2, -0.15) is 8.42 Å². The van der Waals surface area contributed by atoms with Crippen LogP contribution in [0.5, 0.6) is 0 Å². The topological polar surface area (TPSA) is 81.8 Å². The summed E-state index contributed by atoms with van der Waals surface area (Å²) < 4.78 is 26.9. The van der Waals surface area contributed by atoms with Gasteiger partial charge in [-0.1, -0.05) is 22.6 Å². The molecule has 82 valence electrons. The van der Waals surface area contributed by atoms with E-state index in [1.54, 1.807) is 12.1 Å². The molecule has 0 aliphatic carbocycles. The van der Waals surface area contributed by atoms with Crippen molar-refractivity contribution < 1.29 is 17.6 Å². The smallest absolute Gasteiger partial charge is 0.363 e. The molecule has 0 radical (unpaired) electrons. The molecule has 0 fully saturated rings. The molecule has 0 unspecified atom stereocenters. The van der Waals surface area contributed by atoms with E-state index in [9.17, 15) is 13.6 Å². The summed E-state index contributed by atoms with van der Waals surface area (Å²) in [5.41, 5.74) is 0.923. The van der Waals surface area contributed by atoms with Crippen LogP contribution in [-0.4, -0.2) is 20.3 Å². The van der Waals surface area contributed by atoms with E-state index >= 15 is 0 Å². The van der Waals surface area contributed by atoms with Crippen molar-refractivity contribution in [3.8, 4) is 0 Å². The zero-order valence-electron chi connectivity index (χ0n) is 8.25. The van der Waals surface area contributed by atoms with E-state index in [0.29, 0.717) is 0 Å². The van der Waals surface area contributed by atoms with Crippen molar-refractivity contribution in [3.05, 3.63) is 35.0 Å². The Morgan fingerprint density at radius 2 is 1.87 bits per heavy atom. The van der Waals surface area contributed by atoms with E-state index in [0.717, 1.165) is 12.6 Å². The van der Waals surface area contributed by atoms with Gasteiger partial charge in [0.25, 0.3) is 0 Å². The largest absolute Gasteiger partial charge is 0.598 e. The van der Waals surface area contributed by atoms with Crippen LogP contribution in [0.15, 0.2) is 34.4 Å². The Hall–Kier alpha value is -1.63. The summed E-state index contributed by atoms with van der Waals surface area (Å²) in [6.07, 6.45) is 0. The summed E-state index contributed by atoms with van der Waals surface area (Å²) in [6, 6.07) is 6.00. The van der Waals surface area contributed by atoms with Gasteiger partial charge in [0.1, 0.15) is 4.90 Å². The van der Waals surface area contributed by atoms with Gasteiger partial charge in [0.2, 0.25) is 5.28 Å². The molecule has 0 saturated heterocycles. The summed E-state index contributed by atoms with van der Waals surface area (Å²) in [6.45, 7) is 1.83. The Balaban J connectivity index is 2.97. The number of rotatable bonds is 3. The Morgan fingerprint density at radius 3 is 2.33 bits per heavy atom. The number of hydrogen-bond donors (Lipinski definition) is 0. The Bertz CT molecular complexity index is 460. The van der Waals surface area contributed by atoms with Crippen molar-refractivity contribution in [2.24, 2.45) is 5.28 Å². The normalized spacial score (nSPS) is 12.5. The van der Waals surface area contributed by atoms with Gasteiger partial charge in [-0.25, -0.2) is 4.28 Å². The highest BCUT2D eigenvalue weighted by molar-refractivity contribution is 7.86. The second-order valence-electron chi connectivity index (χ2n) is 2.89. The van der Waals surface area contributed by atoms with Crippen molar-refractivity contribution in [2.45, 2.75) is 11.8 Å². The van der Waals surface area contributed by atoms with E-state index in [1.807, 2.05) is 6.92 Å². The highest BCUT2D eigenvalue weighted by Crippen LogP contribution is 2.13. The minimum Gasteiger partial charge on any atom is -0.598 e. The molecule has 1 rings (SSSR count). The van der Waals surface area contributed by atoms with Gasteiger partial charge in [-0.05, 0) is 19.1 Å². The predicted octanol–water partition coefficient (Wildman–Crippen LogP) is 1.21. The molecule has 0 aromatic heterocycles. The number of aryl methyl sites for hydroxylation is 1. The van der Waals surface area contributed by atoms with Gasteiger partial charge < -0.3 is 5.21 Å². The molecule has 0 bridgehead atoms. The van der Waals surface area contributed by atoms with Crippen LogP contribution in [0.2, 0.25) is 0 Å². The number of hydroxylamine groups is 1. The summed E-state index contributed by atoms with van der Waals surface area (Å²) in [5.74, 6) is 0. The minimum absolute atomic E-state index is 0.0196. The molecule has 0 amide bonds. The highest BCUT2D eigenvalue weighted by Gasteiger charge is 2.16. The molecule has 6 nitrogen and oxygen atoms in total. The van der Waals surface area contributed by atoms with Crippen LogP contribution >= 0.6 is 0 Å². The van der Waals surface area contributed by atoms with Crippen LogP contribution in [0.25, 0.3) is 0 Å². The Labute approximate surface area is 87.5 Å². The maximum Gasteiger partial charge on any atom is 0.363 e. The molecule has 7 heteroatoms. The van der Waals surface area contributed by atoms with Crippen LogP contribution in [0.4, 0.5) is 0 Å². The van der Waals surface area contributed by atoms with Gasteiger partial charge in [0, 0.05) is 0 Å². The quantitative estimate of drug-likeness (QED) is 0.444. The minimum atomic E-state index is -3.98. The lowest BCUT2D eigenvalue weighted by atomic mass is 10.2. The van der Waals surface area contributed by atoms with Crippen molar-refractivity contribution in [1.82, 2.24) is 0 Å². The van der Waals surface area contributed by atoms with Crippen LogP contribution in [0.3, 0.4) is 0 Å². The standard InChI is InChI=1S/C8H10N2O4S/c1-7-3-5-8(6-4-7)15(12,13)14-9-10(2)11/h3-6H,1-2H3/b10-9-. The second-order valence-corrected chi connectivity index (χ2v) is 4.42. The van der Waals surface area contributed by atoms with E-state index in [4.69, 9.17) is 0 Å². The summed E-state index contributed by atoms with van der Waals surface area (Å²) in [4.78, 5) is -0.0233. The van der Waals surface area contributed by atoms with Gasteiger partial charge in [-0.15, -0.1) is 0 Å². The summed E-state index contributed by atoms with van der Waals surface area (Å²) in [7, 11) is -2.96. The fraction of sp³-hybridized carbons (Fsp3) is 0.250. The molecular weight excluding hydrogens is 220 g/mol. The van der Waals surface area contributed by atoms with Crippen molar-refractivity contribution in [3.63, 3.8) is 0 Å². The van der Waals surface area contributed by atoms with Crippen LogP contribution in [-0.2, 0) is 14.4 Å². The van der Waals surface area contributed by atoms with Gasteiger partial charge in [0.15, 0.2) is 7.05 Å². The third-order valence-corrected chi connectivity index (χ3v) is 2.67. The maximum atomic E-state index is 11.4. The zero-order chi connectivity index (χ0) is 11.5. The van der Waals surface area contributed by atoms with Crippen LogP contribution < -0.4 is 0 Å². The summed E-state index contributed by atoms with van der Waals surface area (Å²) in [5, 5.41) is 13.1. The van der Waals surface area contributed by atoms with E-state index < -0.39 is 10.1 Å². The Kier molecular flexibility index (Phi) is 3.25. The first-order chi connectivity index (χ1) is 6.92. The molecule has 0 atom stereocenters. The lowest BCUT2D eigenvalue weighted by molar-refractivity contribution is -0.522. The number of hydrogen-bond acceptors (Lipinski definition) is 5. The molecular formula is C8H10N2O4S. The van der Waals surface area contributed by atoms with Gasteiger partial charge in [-0.3, -0.25) is 0 Å². The predicted molar refractivity (Wildman–Crippen MR) is 51.4 cm³/mol. The first-order valence-corrected chi connectivity index (χ1v) is 5.45. The third-order valence-electron chi connectivity index (χ3n) is 1.56. The second kappa shape index (κ2) is 4.26. The molecule has 15 heavy (non-hydrogen) atoms. The maximum absolute atomic E-state index is 11.4. The molecule has 1 aromatic carbocycles. The lowest BCUT2D eigenvalue weighted by Gasteiger charge is -1.99. The fourth-order valence-corrected chi connectivity index (χ4v) is 1.58. The first-order valence-electron chi connectivity index (χ1n) is 4.04. The number of benzene rings is 1. The van der Waals surface area contributed by atoms with Crippen molar-refractivity contribution in [1.29, 1.82) is 0 Å². The molecule has 0 heterocycles. The monoisotopic (exact) mass is 230 g/mol. The van der Waals surface area contributed by atoms with E-state index in [2.05, 4.69) is 9.56 Å². The van der Waals surface area contributed by atoms with Crippen LogP contribution in [0, 0.1) is 12.1 Å². The molecule has 0 saturated carbocycles. The molecule has 0 aliphatic heterocycles. The van der Waals surface area contributed by atoms with Crippen molar-refractivity contribution >= 4 is 10.1 Å². The zero-order valence-corrected chi connectivity index (χ0v) is 9.06. The SMILES string of the molecule is Cc1ccc(S(=O)(=O)O/N=[N+](/C)[O-])cc1. The lowest BCUT2D eigenvalue weighted by Crippen LogP contribution is -2.04. The Morgan fingerprint density at radius 1 is 1.33 bits per heavy atom. The van der Waals surface area contributed by atoms with E-state index in [-0.39, 0.29) is 9.76 Å². The number of nitrogens with zero attached hydrogens (tertiary/aromatic N) is 2. The third kappa shape index (κ3) is 3.21. The highest BCUT2D eigenvalue weighted by atomic mass is 32.2. The average Bonchev–Trinajstić information content (AvgIpc) is 2.16. The molecule has 0 N–H and O–H groups in total. The first kappa shape index (κ1) is 11.4.